The van der Waals surface area contributed by atoms with Gasteiger partial charge < -0.3 is 20.5 Å². The molecule has 20 heavy (non-hydrogen) atoms. The topological polar surface area (TPSA) is 56.5 Å². The first-order valence-corrected chi connectivity index (χ1v) is 6.97. The first-order chi connectivity index (χ1) is 9.62. The number of nitrogens with two attached hydrogens (primary N) is 1. The Bertz CT molecular complexity index is 445. The number of halogens is 1. The van der Waals surface area contributed by atoms with Gasteiger partial charge in [-0.1, -0.05) is 0 Å². The third kappa shape index (κ3) is 3.22. The normalized spacial score (nSPS) is 26.3. The molecule has 1 saturated carbocycles. The van der Waals surface area contributed by atoms with Crippen LogP contribution >= 0.6 is 0 Å². The molecule has 3 N–H and O–H groups in total. The molecule has 5 heteroatoms. The lowest BCUT2D eigenvalue weighted by atomic mass is 9.80. The zero-order valence-electron chi connectivity index (χ0n) is 12.1. The minimum Gasteiger partial charge on any atom is -0.497 e. The Kier molecular flexibility index (Phi) is 4.83. The predicted octanol–water partition coefficient (Wildman–Crippen LogP) is 2.53. The Morgan fingerprint density at radius 1 is 1.35 bits per heavy atom. The molecular formula is C15H23FN2O2. The monoisotopic (exact) mass is 282 g/mol. The average Bonchev–Trinajstić information content (AvgIpc) is 2.50. The van der Waals surface area contributed by atoms with Crippen LogP contribution in [-0.2, 0) is 4.74 Å². The van der Waals surface area contributed by atoms with Gasteiger partial charge in [-0.3, -0.25) is 0 Å². The van der Waals surface area contributed by atoms with Crippen molar-refractivity contribution in [3.63, 3.8) is 0 Å². The van der Waals surface area contributed by atoms with Crippen LogP contribution in [0.3, 0.4) is 0 Å². The van der Waals surface area contributed by atoms with E-state index < -0.39 is 0 Å². The minimum absolute atomic E-state index is 0.262. The molecule has 1 aliphatic rings. The summed E-state index contributed by atoms with van der Waals surface area (Å²) in [6.07, 6.45) is 3.90. The standard InChI is InChI=1S/C15H23FN2O2/c1-19-11-5-7-15(10-17,8-6-11)18-14-9-12(20-2)3-4-13(14)16/h3-4,9,11,18H,5-8,10,17H2,1-2H3. The van der Waals surface area contributed by atoms with Crippen LogP contribution in [0.15, 0.2) is 18.2 Å². The van der Waals surface area contributed by atoms with Crippen molar-refractivity contribution in [3.05, 3.63) is 24.0 Å². The highest BCUT2D eigenvalue weighted by Gasteiger charge is 2.34. The van der Waals surface area contributed by atoms with Crippen molar-refractivity contribution in [2.45, 2.75) is 37.3 Å². The van der Waals surface area contributed by atoms with E-state index in [1.807, 2.05) is 0 Å². The Balaban J connectivity index is 2.14. The van der Waals surface area contributed by atoms with Gasteiger partial charge >= 0.3 is 0 Å². The SMILES string of the molecule is COc1ccc(F)c(NC2(CN)CCC(OC)CC2)c1. The highest BCUT2D eigenvalue weighted by atomic mass is 19.1. The van der Waals surface area contributed by atoms with E-state index >= 15 is 0 Å². The molecule has 0 atom stereocenters. The molecule has 1 fully saturated rings. The highest BCUT2D eigenvalue weighted by molar-refractivity contribution is 5.51. The van der Waals surface area contributed by atoms with Gasteiger partial charge in [0.2, 0.25) is 0 Å². The molecule has 0 unspecified atom stereocenters. The Morgan fingerprint density at radius 3 is 2.60 bits per heavy atom. The van der Waals surface area contributed by atoms with Gasteiger partial charge in [-0.05, 0) is 37.8 Å². The second-order valence-corrected chi connectivity index (χ2v) is 5.39. The molecule has 1 aromatic rings. The van der Waals surface area contributed by atoms with E-state index in [2.05, 4.69) is 5.32 Å². The number of ether oxygens (including phenoxy) is 2. The molecule has 4 nitrogen and oxygen atoms in total. The molecule has 0 amide bonds. The second kappa shape index (κ2) is 6.41. The summed E-state index contributed by atoms with van der Waals surface area (Å²) in [4.78, 5) is 0. The second-order valence-electron chi connectivity index (χ2n) is 5.39. The van der Waals surface area contributed by atoms with Gasteiger partial charge in [0.1, 0.15) is 11.6 Å². The molecule has 1 aromatic carbocycles. The molecule has 0 saturated heterocycles. The maximum Gasteiger partial charge on any atom is 0.146 e. The summed E-state index contributed by atoms with van der Waals surface area (Å²) in [6, 6.07) is 4.69. The summed E-state index contributed by atoms with van der Waals surface area (Å²) in [5.41, 5.74) is 6.12. The summed E-state index contributed by atoms with van der Waals surface area (Å²) >= 11 is 0. The fourth-order valence-electron chi connectivity index (χ4n) is 2.77. The van der Waals surface area contributed by atoms with E-state index in [1.54, 1.807) is 26.4 Å². The van der Waals surface area contributed by atoms with E-state index in [4.69, 9.17) is 15.2 Å². The van der Waals surface area contributed by atoms with E-state index in [0.29, 0.717) is 18.0 Å². The molecule has 0 aliphatic heterocycles. The van der Waals surface area contributed by atoms with Gasteiger partial charge in [0.15, 0.2) is 0 Å². The van der Waals surface area contributed by atoms with Crippen molar-refractivity contribution < 1.29 is 13.9 Å². The Hall–Kier alpha value is -1.33. The summed E-state index contributed by atoms with van der Waals surface area (Å²) in [5.74, 6) is 0.346. The van der Waals surface area contributed by atoms with E-state index in [1.165, 1.54) is 6.07 Å². The third-order valence-electron chi connectivity index (χ3n) is 4.19. The van der Waals surface area contributed by atoms with Crippen molar-refractivity contribution in [3.8, 4) is 5.75 Å². The van der Waals surface area contributed by atoms with E-state index in [0.717, 1.165) is 25.7 Å². The first-order valence-electron chi connectivity index (χ1n) is 6.97. The first kappa shape index (κ1) is 15.1. The van der Waals surface area contributed by atoms with Crippen LogP contribution in [0.1, 0.15) is 25.7 Å². The highest BCUT2D eigenvalue weighted by Crippen LogP contribution is 2.34. The largest absolute Gasteiger partial charge is 0.497 e. The molecule has 0 bridgehead atoms. The van der Waals surface area contributed by atoms with Gasteiger partial charge in [0, 0.05) is 25.3 Å². The summed E-state index contributed by atoms with van der Waals surface area (Å²) in [6.45, 7) is 0.472. The van der Waals surface area contributed by atoms with Gasteiger partial charge in [-0.2, -0.15) is 0 Å². The quantitative estimate of drug-likeness (QED) is 0.871. The lowest BCUT2D eigenvalue weighted by molar-refractivity contribution is 0.0549. The van der Waals surface area contributed by atoms with Crippen LogP contribution in [0.2, 0.25) is 0 Å². The number of hydrogen-bond donors (Lipinski definition) is 2. The van der Waals surface area contributed by atoms with Gasteiger partial charge in [-0.15, -0.1) is 0 Å². The number of nitrogens with one attached hydrogen (secondary N) is 1. The Labute approximate surface area is 119 Å². The predicted molar refractivity (Wildman–Crippen MR) is 77.6 cm³/mol. The molecule has 2 rings (SSSR count). The maximum absolute atomic E-state index is 13.9. The van der Waals surface area contributed by atoms with Crippen molar-refractivity contribution >= 4 is 5.69 Å². The smallest absolute Gasteiger partial charge is 0.146 e. The van der Waals surface area contributed by atoms with Crippen molar-refractivity contribution in [1.29, 1.82) is 0 Å². The van der Waals surface area contributed by atoms with Crippen molar-refractivity contribution in [2.24, 2.45) is 5.73 Å². The van der Waals surface area contributed by atoms with Crippen LogP contribution in [0.25, 0.3) is 0 Å². The molecule has 0 heterocycles. The lowest BCUT2D eigenvalue weighted by Gasteiger charge is -2.40. The van der Waals surface area contributed by atoms with E-state index in [9.17, 15) is 4.39 Å². The fraction of sp³-hybridized carbons (Fsp3) is 0.600. The van der Waals surface area contributed by atoms with Gasteiger partial charge in [-0.25, -0.2) is 4.39 Å². The van der Waals surface area contributed by atoms with Crippen molar-refractivity contribution in [1.82, 2.24) is 0 Å². The molecule has 0 aromatic heterocycles. The van der Waals surface area contributed by atoms with Crippen molar-refractivity contribution in [2.75, 3.05) is 26.1 Å². The maximum atomic E-state index is 13.9. The number of methoxy groups -OCH3 is 2. The van der Waals surface area contributed by atoms with Crippen LogP contribution in [0.5, 0.6) is 5.75 Å². The molecule has 0 radical (unpaired) electrons. The summed E-state index contributed by atoms with van der Waals surface area (Å²) in [7, 11) is 3.30. The van der Waals surface area contributed by atoms with Gasteiger partial charge in [0.25, 0.3) is 0 Å². The molecule has 1 aliphatic carbocycles. The Morgan fingerprint density at radius 2 is 2.05 bits per heavy atom. The number of hydrogen-bond acceptors (Lipinski definition) is 4. The number of anilines is 1. The van der Waals surface area contributed by atoms with Crippen LogP contribution in [0.4, 0.5) is 10.1 Å². The molecule has 112 valence electrons. The van der Waals surface area contributed by atoms with E-state index in [-0.39, 0.29) is 17.5 Å². The van der Waals surface area contributed by atoms with Gasteiger partial charge in [0.05, 0.1) is 18.9 Å². The minimum atomic E-state index is -0.285. The zero-order chi connectivity index (χ0) is 14.6. The van der Waals surface area contributed by atoms with Crippen LogP contribution in [-0.4, -0.2) is 32.4 Å². The fourth-order valence-corrected chi connectivity index (χ4v) is 2.77. The zero-order valence-corrected chi connectivity index (χ0v) is 12.1. The molecule has 0 spiro atoms. The summed E-state index contributed by atoms with van der Waals surface area (Å²) in [5, 5.41) is 3.30. The average molecular weight is 282 g/mol. The number of rotatable bonds is 5. The number of benzene rings is 1. The molecular weight excluding hydrogens is 259 g/mol. The van der Waals surface area contributed by atoms with Crippen LogP contribution in [0, 0.1) is 5.82 Å². The lowest BCUT2D eigenvalue weighted by Crippen LogP contribution is -2.49. The van der Waals surface area contributed by atoms with Crippen LogP contribution < -0.4 is 15.8 Å². The summed E-state index contributed by atoms with van der Waals surface area (Å²) < 4.78 is 24.4. The third-order valence-corrected chi connectivity index (χ3v) is 4.19.